The summed E-state index contributed by atoms with van der Waals surface area (Å²) < 4.78 is 6.17. The second-order valence-electron chi connectivity index (χ2n) is 9.51. The third kappa shape index (κ3) is 4.52. The molecule has 2 aliphatic rings. The quantitative estimate of drug-likeness (QED) is 0.298. The molecule has 0 aromatic heterocycles. The maximum atomic E-state index is 6.17. The molecule has 6 rings (SSSR count). The molecule has 0 N–H and O–H groups in total. The van der Waals surface area contributed by atoms with E-state index >= 15 is 0 Å². The van der Waals surface area contributed by atoms with E-state index in [0.717, 1.165) is 48.6 Å². The molecular formula is C33H29NO. The van der Waals surface area contributed by atoms with E-state index in [4.69, 9.17) is 4.74 Å². The Bertz CT molecular complexity index is 1380. The number of para-hydroxylation sites is 4. The zero-order valence-electron chi connectivity index (χ0n) is 20.1. The van der Waals surface area contributed by atoms with Crippen molar-refractivity contribution >= 4 is 11.4 Å². The van der Waals surface area contributed by atoms with Gasteiger partial charge in [-0.15, -0.1) is 0 Å². The van der Waals surface area contributed by atoms with E-state index in [2.05, 4.69) is 96.8 Å². The van der Waals surface area contributed by atoms with Gasteiger partial charge in [-0.1, -0.05) is 90.0 Å². The van der Waals surface area contributed by atoms with Gasteiger partial charge < -0.3 is 9.64 Å². The van der Waals surface area contributed by atoms with Crippen LogP contribution in [0.5, 0.6) is 11.5 Å². The van der Waals surface area contributed by atoms with Crippen molar-refractivity contribution in [3.63, 3.8) is 0 Å². The molecule has 172 valence electrons. The Balaban J connectivity index is 1.23. The fraction of sp³-hybridized carbons (Fsp3) is 0.152. The fourth-order valence-electron chi connectivity index (χ4n) is 5.07. The van der Waals surface area contributed by atoms with Crippen LogP contribution in [0.25, 0.3) is 0 Å². The highest BCUT2D eigenvalue weighted by molar-refractivity contribution is 5.81. The van der Waals surface area contributed by atoms with E-state index in [1.54, 1.807) is 0 Å². The number of nitrogens with zero attached hydrogens (tertiary/aromatic N) is 1. The molecule has 0 unspecified atom stereocenters. The lowest BCUT2D eigenvalue weighted by atomic mass is 9.93. The number of rotatable bonds is 5. The van der Waals surface area contributed by atoms with Crippen molar-refractivity contribution in [2.24, 2.45) is 0 Å². The van der Waals surface area contributed by atoms with Gasteiger partial charge in [0.05, 0.1) is 11.4 Å². The van der Waals surface area contributed by atoms with Gasteiger partial charge in [-0.2, -0.15) is 0 Å². The summed E-state index contributed by atoms with van der Waals surface area (Å²) >= 11 is 0. The van der Waals surface area contributed by atoms with E-state index < -0.39 is 0 Å². The van der Waals surface area contributed by atoms with Crippen LogP contribution in [0.4, 0.5) is 11.4 Å². The van der Waals surface area contributed by atoms with Gasteiger partial charge in [0, 0.05) is 5.70 Å². The lowest BCUT2D eigenvalue weighted by Crippen LogP contribution is -2.21. The van der Waals surface area contributed by atoms with Crippen molar-refractivity contribution in [1.82, 2.24) is 0 Å². The minimum Gasteiger partial charge on any atom is -0.453 e. The average molecular weight is 456 g/mol. The molecule has 0 amide bonds. The number of hydrogen-bond donors (Lipinski definition) is 0. The second-order valence-corrected chi connectivity index (χ2v) is 9.51. The van der Waals surface area contributed by atoms with Crippen LogP contribution in [0.15, 0.2) is 120 Å². The lowest BCUT2D eigenvalue weighted by molar-refractivity contribution is 0.475. The molecule has 0 saturated heterocycles. The molecule has 35 heavy (non-hydrogen) atoms. The number of ether oxygens (including phenoxy) is 1. The summed E-state index contributed by atoms with van der Waals surface area (Å²) in [6.45, 7) is 2.14. The SMILES string of the molecule is Cc1ccc(Cc2cccc(CC3=CC=C(N4c5ccccc5Oc5ccccc54)CC3)c2)cc1. The zero-order valence-corrected chi connectivity index (χ0v) is 20.1. The Morgan fingerprint density at radius 1 is 0.629 bits per heavy atom. The molecule has 0 fully saturated rings. The predicted molar refractivity (Wildman–Crippen MR) is 145 cm³/mol. The highest BCUT2D eigenvalue weighted by atomic mass is 16.5. The van der Waals surface area contributed by atoms with E-state index in [9.17, 15) is 0 Å². The Morgan fingerprint density at radius 3 is 1.94 bits per heavy atom. The first-order valence-electron chi connectivity index (χ1n) is 12.4. The minimum absolute atomic E-state index is 0.910. The van der Waals surface area contributed by atoms with E-state index in [0.29, 0.717) is 0 Å². The lowest BCUT2D eigenvalue weighted by Gasteiger charge is -2.35. The monoisotopic (exact) mass is 455 g/mol. The summed E-state index contributed by atoms with van der Waals surface area (Å²) in [5, 5.41) is 0. The first kappa shape index (κ1) is 21.5. The van der Waals surface area contributed by atoms with Crippen molar-refractivity contribution in [3.8, 4) is 11.5 Å². The number of aryl methyl sites for hydroxylation is 1. The van der Waals surface area contributed by atoms with Gasteiger partial charge in [-0.3, -0.25) is 0 Å². The molecule has 1 aliphatic carbocycles. The van der Waals surface area contributed by atoms with Crippen LogP contribution in [0.2, 0.25) is 0 Å². The molecular weight excluding hydrogens is 426 g/mol. The largest absolute Gasteiger partial charge is 0.453 e. The zero-order chi connectivity index (χ0) is 23.6. The smallest absolute Gasteiger partial charge is 0.151 e. The van der Waals surface area contributed by atoms with Crippen molar-refractivity contribution < 1.29 is 4.74 Å². The average Bonchev–Trinajstić information content (AvgIpc) is 2.89. The number of allylic oxidation sites excluding steroid dienone is 4. The van der Waals surface area contributed by atoms with Crippen molar-refractivity contribution in [1.29, 1.82) is 0 Å². The summed E-state index contributed by atoms with van der Waals surface area (Å²) in [4.78, 5) is 2.36. The number of fused-ring (bicyclic) bond motifs is 2. The molecule has 0 atom stereocenters. The van der Waals surface area contributed by atoms with E-state index in [1.165, 1.54) is 33.5 Å². The Kier molecular flexibility index (Phi) is 5.71. The molecule has 0 radical (unpaired) electrons. The number of benzene rings is 4. The van der Waals surface area contributed by atoms with Crippen LogP contribution >= 0.6 is 0 Å². The van der Waals surface area contributed by atoms with Crippen molar-refractivity contribution in [3.05, 3.63) is 143 Å². The maximum Gasteiger partial charge on any atom is 0.151 e. The van der Waals surface area contributed by atoms with Crippen molar-refractivity contribution in [2.45, 2.75) is 32.6 Å². The number of hydrogen-bond acceptors (Lipinski definition) is 2. The minimum atomic E-state index is 0.910. The van der Waals surface area contributed by atoms with E-state index in [1.807, 2.05) is 24.3 Å². The third-order valence-corrected chi connectivity index (χ3v) is 6.88. The summed E-state index contributed by atoms with van der Waals surface area (Å²) in [7, 11) is 0. The maximum absolute atomic E-state index is 6.17. The molecule has 1 aliphatic heterocycles. The highest BCUT2D eigenvalue weighted by Crippen LogP contribution is 2.49. The van der Waals surface area contributed by atoms with Gasteiger partial charge in [0.1, 0.15) is 0 Å². The van der Waals surface area contributed by atoms with Gasteiger partial charge in [0.25, 0.3) is 0 Å². The normalized spacial score (nSPS) is 14.4. The topological polar surface area (TPSA) is 12.5 Å². The molecule has 4 aromatic rings. The molecule has 0 bridgehead atoms. The van der Waals surface area contributed by atoms with Gasteiger partial charge in [0.2, 0.25) is 0 Å². The first-order chi connectivity index (χ1) is 17.2. The summed E-state index contributed by atoms with van der Waals surface area (Å²) in [6, 6.07) is 34.5. The van der Waals surface area contributed by atoms with Gasteiger partial charge in [-0.25, -0.2) is 0 Å². The molecule has 0 saturated carbocycles. The third-order valence-electron chi connectivity index (χ3n) is 6.88. The van der Waals surface area contributed by atoms with Crippen molar-refractivity contribution in [2.75, 3.05) is 4.90 Å². The molecule has 2 heteroatoms. The Hall–Kier alpha value is -4.04. The number of anilines is 2. The van der Waals surface area contributed by atoms with E-state index in [-0.39, 0.29) is 0 Å². The Labute approximate surface area is 207 Å². The first-order valence-corrected chi connectivity index (χ1v) is 12.4. The second kappa shape index (κ2) is 9.31. The molecule has 4 aromatic carbocycles. The summed E-state index contributed by atoms with van der Waals surface area (Å²) in [6.07, 6.45) is 8.68. The van der Waals surface area contributed by atoms with Gasteiger partial charge in [0.15, 0.2) is 11.5 Å². The predicted octanol–water partition coefficient (Wildman–Crippen LogP) is 8.68. The fourth-order valence-corrected chi connectivity index (χ4v) is 5.07. The van der Waals surface area contributed by atoms with Gasteiger partial charge in [-0.05, 0) is 79.6 Å². The summed E-state index contributed by atoms with van der Waals surface area (Å²) in [5.74, 6) is 1.82. The van der Waals surface area contributed by atoms with Crippen LogP contribution < -0.4 is 9.64 Å². The van der Waals surface area contributed by atoms with Crippen LogP contribution in [-0.2, 0) is 12.8 Å². The van der Waals surface area contributed by atoms with Crippen LogP contribution in [0, 0.1) is 6.92 Å². The van der Waals surface area contributed by atoms with Crippen LogP contribution in [0.1, 0.15) is 35.1 Å². The Morgan fingerprint density at radius 2 is 1.29 bits per heavy atom. The van der Waals surface area contributed by atoms with Crippen LogP contribution in [-0.4, -0.2) is 0 Å². The van der Waals surface area contributed by atoms with Gasteiger partial charge >= 0.3 is 0 Å². The standard InChI is InChI=1S/C33H29NO/c1-24-13-15-25(16-14-24)21-27-7-6-8-28(23-27)22-26-17-19-29(20-18-26)34-30-9-2-4-11-32(30)35-33-12-5-3-10-31(33)34/h2-17,19,23H,18,20-22H2,1H3. The molecule has 2 nitrogen and oxygen atoms in total. The molecule has 0 spiro atoms. The van der Waals surface area contributed by atoms with Crippen LogP contribution in [0.3, 0.4) is 0 Å². The molecule has 1 heterocycles. The highest BCUT2D eigenvalue weighted by Gasteiger charge is 2.27. The summed E-state index contributed by atoms with van der Waals surface area (Å²) in [5.41, 5.74) is 10.4.